The number of hydrogen-bond donors (Lipinski definition) is 1. The first-order chi connectivity index (χ1) is 10.1. The topological polar surface area (TPSA) is 44.5 Å². The first kappa shape index (κ1) is 16.5. The predicted molar refractivity (Wildman–Crippen MR) is 85.4 cm³/mol. The number of aryl methyl sites for hydroxylation is 1. The minimum atomic E-state index is 0.146. The van der Waals surface area contributed by atoms with Gasteiger partial charge in [0, 0.05) is 23.8 Å². The van der Waals surface area contributed by atoms with E-state index in [0.29, 0.717) is 12.6 Å². The maximum absolute atomic E-state index is 9.10. The average Bonchev–Trinajstić information content (AvgIpc) is 2.75. The van der Waals surface area contributed by atoms with Crippen LogP contribution in [-0.4, -0.2) is 64.0 Å². The molecule has 1 aliphatic rings. The van der Waals surface area contributed by atoms with E-state index in [9.17, 15) is 0 Å². The number of aliphatic hydroxyl groups excluding tert-OH is 1. The normalized spacial score (nSPS) is 17.8. The van der Waals surface area contributed by atoms with Crippen molar-refractivity contribution >= 4 is 0 Å². The van der Waals surface area contributed by atoms with Crippen molar-refractivity contribution in [2.75, 3.05) is 33.3 Å². The zero-order valence-corrected chi connectivity index (χ0v) is 14.0. The van der Waals surface area contributed by atoms with Crippen molar-refractivity contribution in [2.45, 2.75) is 52.7 Å². The van der Waals surface area contributed by atoms with Crippen LogP contribution < -0.4 is 0 Å². The quantitative estimate of drug-likeness (QED) is 0.861. The third kappa shape index (κ3) is 3.84. The van der Waals surface area contributed by atoms with Crippen LogP contribution in [0.15, 0.2) is 0 Å². The van der Waals surface area contributed by atoms with Crippen molar-refractivity contribution in [2.24, 2.45) is 0 Å². The fraction of sp³-hybridized carbons (Fsp3) is 0.812. The molecule has 0 bridgehead atoms. The Bertz CT molecular complexity index is 449. The zero-order chi connectivity index (χ0) is 15.4. The number of nitrogens with zero attached hydrogens (tertiary/aromatic N) is 4. The van der Waals surface area contributed by atoms with Gasteiger partial charge in [-0.15, -0.1) is 0 Å². The molecule has 1 aromatic heterocycles. The molecule has 1 N–H and O–H groups in total. The van der Waals surface area contributed by atoms with Crippen LogP contribution in [0.25, 0.3) is 0 Å². The molecule has 1 aliphatic heterocycles. The first-order valence-electron chi connectivity index (χ1n) is 8.13. The van der Waals surface area contributed by atoms with Crippen LogP contribution in [0.2, 0.25) is 0 Å². The second-order valence-corrected chi connectivity index (χ2v) is 6.18. The van der Waals surface area contributed by atoms with Gasteiger partial charge in [0.25, 0.3) is 0 Å². The minimum absolute atomic E-state index is 0.146. The lowest BCUT2D eigenvalue weighted by Crippen LogP contribution is -2.43. The molecule has 0 atom stereocenters. The van der Waals surface area contributed by atoms with E-state index in [0.717, 1.165) is 12.2 Å². The van der Waals surface area contributed by atoms with E-state index in [1.165, 1.54) is 43.7 Å². The van der Waals surface area contributed by atoms with Crippen molar-refractivity contribution in [3.8, 4) is 0 Å². The van der Waals surface area contributed by atoms with Gasteiger partial charge in [0.05, 0.1) is 18.8 Å². The van der Waals surface area contributed by atoms with Gasteiger partial charge in [-0.2, -0.15) is 5.10 Å². The van der Waals surface area contributed by atoms with E-state index >= 15 is 0 Å². The van der Waals surface area contributed by atoms with Crippen LogP contribution in [0, 0.1) is 13.8 Å². The lowest BCUT2D eigenvalue weighted by Gasteiger charge is -2.36. The van der Waals surface area contributed by atoms with Gasteiger partial charge < -0.3 is 10.0 Å². The van der Waals surface area contributed by atoms with E-state index in [2.05, 4.69) is 42.7 Å². The molecule has 0 aromatic carbocycles. The molecular weight excluding hydrogens is 264 g/mol. The first-order valence-corrected chi connectivity index (χ1v) is 8.13. The lowest BCUT2D eigenvalue weighted by molar-refractivity contribution is 0.127. The van der Waals surface area contributed by atoms with Gasteiger partial charge in [-0.1, -0.05) is 6.92 Å². The fourth-order valence-electron chi connectivity index (χ4n) is 3.33. The van der Waals surface area contributed by atoms with Gasteiger partial charge in [0.2, 0.25) is 0 Å². The third-order valence-electron chi connectivity index (χ3n) is 4.88. The van der Waals surface area contributed by atoms with Gasteiger partial charge in [-0.05, 0) is 53.4 Å². The number of likely N-dealkylation sites (tertiary alicyclic amines) is 1. The monoisotopic (exact) mass is 294 g/mol. The Balaban J connectivity index is 1.98. The summed E-state index contributed by atoms with van der Waals surface area (Å²) in [5.41, 5.74) is 3.61. The number of aliphatic hydroxyl groups is 1. The fourth-order valence-corrected chi connectivity index (χ4v) is 3.33. The van der Waals surface area contributed by atoms with Crippen molar-refractivity contribution in [1.29, 1.82) is 0 Å². The van der Waals surface area contributed by atoms with Crippen molar-refractivity contribution in [3.05, 3.63) is 17.0 Å². The zero-order valence-electron chi connectivity index (χ0n) is 14.0. The van der Waals surface area contributed by atoms with Crippen molar-refractivity contribution in [3.63, 3.8) is 0 Å². The number of hydrogen-bond acceptors (Lipinski definition) is 4. The predicted octanol–water partition coefficient (Wildman–Crippen LogP) is 1.41. The van der Waals surface area contributed by atoms with E-state index < -0.39 is 0 Å². The largest absolute Gasteiger partial charge is 0.394 e. The summed E-state index contributed by atoms with van der Waals surface area (Å²) in [4.78, 5) is 5.01. The van der Waals surface area contributed by atoms with Crippen LogP contribution in [0.3, 0.4) is 0 Å². The Morgan fingerprint density at radius 2 is 1.95 bits per heavy atom. The molecule has 21 heavy (non-hydrogen) atoms. The van der Waals surface area contributed by atoms with Crippen LogP contribution >= 0.6 is 0 Å². The Morgan fingerprint density at radius 1 is 1.29 bits per heavy atom. The second kappa shape index (κ2) is 7.38. The van der Waals surface area contributed by atoms with Gasteiger partial charge in [-0.3, -0.25) is 9.58 Å². The van der Waals surface area contributed by atoms with Crippen molar-refractivity contribution in [1.82, 2.24) is 19.6 Å². The SMILES string of the molecule is CCN1CCC(N(C)Cc2c(C)nn(CCO)c2C)CC1. The maximum atomic E-state index is 9.10. The molecule has 0 unspecified atom stereocenters. The van der Waals surface area contributed by atoms with E-state index in [-0.39, 0.29) is 6.61 Å². The summed E-state index contributed by atoms with van der Waals surface area (Å²) in [5.74, 6) is 0. The van der Waals surface area contributed by atoms with E-state index in [1.807, 2.05) is 4.68 Å². The molecule has 5 nitrogen and oxygen atoms in total. The second-order valence-electron chi connectivity index (χ2n) is 6.18. The molecule has 1 saturated heterocycles. The number of aromatic nitrogens is 2. The van der Waals surface area contributed by atoms with Gasteiger partial charge in [-0.25, -0.2) is 0 Å². The van der Waals surface area contributed by atoms with Crippen LogP contribution in [0.5, 0.6) is 0 Å². The molecule has 0 amide bonds. The van der Waals surface area contributed by atoms with Gasteiger partial charge >= 0.3 is 0 Å². The Hall–Kier alpha value is -0.910. The highest BCUT2D eigenvalue weighted by atomic mass is 16.3. The maximum Gasteiger partial charge on any atom is 0.0644 e. The van der Waals surface area contributed by atoms with Crippen LogP contribution in [-0.2, 0) is 13.1 Å². The van der Waals surface area contributed by atoms with Gasteiger partial charge in [0.15, 0.2) is 0 Å². The summed E-state index contributed by atoms with van der Waals surface area (Å²) >= 11 is 0. The molecule has 0 saturated carbocycles. The molecule has 5 heteroatoms. The molecule has 0 spiro atoms. The molecule has 120 valence electrons. The Labute approximate surface area is 128 Å². The average molecular weight is 294 g/mol. The Morgan fingerprint density at radius 3 is 2.52 bits per heavy atom. The smallest absolute Gasteiger partial charge is 0.0644 e. The van der Waals surface area contributed by atoms with E-state index in [1.54, 1.807) is 0 Å². The highest BCUT2D eigenvalue weighted by Crippen LogP contribution is 2.20. The summed E-state index contributed by atoms with van der Waals surface area (Å²) in [6.07, 6.45) is 2.51. The molecular formula is C16H30N4O. The molecule has 2 rings (SSSR count). The summed E-state index contributed by atoms with van der Waals surface area (Å²) < 4.78 is 1.93. The number of rotatable bonds is 6. The summed E-state index contributed by atoms with van der Waals surface area (Å²) in [6, 6.07) is 0.674. The lowest BCUT2D eigenvalue weighted by atomic mass is 10.0. The summed E-state index contributed by atoms with van der Waals surface area (Å²) in [7, 11) is 2.23. The van der Waals surface area contributed by atoms with Gasteiger partial charge in [0.1, 0.15) is 0 Å². The van der Waals surface area contributed by atoms with Crippen LogP contribution in [0.4, 0.5) is 0 Å². The highest BCUT2D eigenvalue weighted by Gasteiger charge is 2.23. The molecule has 1 fully saturated rings. The Kier molecular flexibility index (Phi) is 5.79. The third-order valence-corrected chi connectivity index (χ3v) is 4.88. The standard InChI is InChI=1S/C16H30N4O/c1-5-19-8-6-15(7-9-19)18(4)12-16-13(2)17-20(10-11-21)14(16)3/h15,21H,5-12H2,1-4H3. The number of piperidine rings is 1. The molecule has 0 aliphatic carbocycles. The molecule has 0 radical (unpaired) electrons. The molecule has 1 aromatic rings. The minimum Gasteiger partial charge on any atom is -0.394 e. The summed E-state index contributed by atoms with van der Waals surface area (Å²) in [5, 5.41) is 13.6. The van der Waals surface area contributed by atoms with Crippen LogP contribution in [0.1, 0.15) is 36.7 Å². The van der Waals surface area contributed by atoms with E-state index in [4.69, 9.17) is 5.11 Å². The molecule has 2 heterocycles. The van der Waals surface area contributed by atoms with Crippen molar-refractivity contribution < 1.29 is 5.11 Å². The summed E-state index contributed by atoms with van der Waals surface area (Å²) in [6.45, 7) is 11.7. The highest BCUT2D eigenvalue weighted by molar-refractivity contribution is 5.24.